The first-order valence-corrected chi connectivity index (χ1v) is 6.42. The highest BCUT2D eigenvalue weighted by molar-refractivity contribution is 5.99. The smallest absolute Gasteiger partial charge is 0.159 e. The highest BCUT2D eigenvalue weighted by Gasteiger charge is 2.35. The molecule has 1 nitrogen and oxygen atoms in total. The summed E-state index contributed by atoms with van der Waals surface area (Å²) >= 11 is 0. The number of hydrogen-bond donors (Lipinski definition) is 0. The second kappa shape index (κ2) is 4.20. The molecule has 0 saturated carbocycles. The first-order valence-electron chi connectivity index (χ1n) is 6.42. The van der Waals surface area contributed by atoms with Crippen molar-refractivity contribution in [2.45, 2.75) is 46.5 Å². The van der Waals surface area contributed by atoms with E-state index < -0.39 is 0 Å². The van der Waals surface area contributed by atoms with Crippen LogP contribution in [0.15, 0.2) is 23.3 Å². The number of carbonyl (C=O) groups excluding carboxylic acids is 1. The third kappa shape index (κ3) is 1.88. The zero-order chi connectivity index (χ0) is 11.9. The molecule has 0 aromatic rings. The molecule has 0 aromatic heterocycles. The van der Waals surface area contributed by atoms with Gasteiger partial charge in [-0.05, 0) is 49.5 Å². The van der Waals surface area contributed by atoms with Crippen LogP contribution in [0.1, 0.15) is 46.5 Å². The van der Waals surface area contributed by atoms with Gasteiger partial charge in [0.1, 0.15) is 0 Å². The van der Waals surface area contributed by atoms with Crippen molar-refractivity contribution in [2.75, 3.05) is 0 Å². The average Bonchev–Trinajstić information content (AvgIpc) is 2.39. The van der Waals surface area contributed by atoms with Crippen LogP contribution in [0.4, 0.5) is 0 Å². The third-order valence-corrected chi connectivity index (χ3v) is 4.34. The summed E-state index contributed by atoms with van der Waals surface area (Å²) in [5, 5.41) is 0. The summed E-state index contributed by atoms with van der Waals surface area (Å²) in [4.78, 5) is 12.0. The van der Waals surface area contributed by atoms with Gasteiger partial charge in [-0.3, -0.25) is 4.79 Å². The first kappa shape index (κ1) is 11.6. The van der Waals surface area contributed by atoms with Gasteiger partial charge >= 0.3 is 0 Å². The maximum absolute atomic E-state index is 12.0. The predicted molar refractivity (Wildman–Crippen MR) is 67.1 cm³/mol. The summed E-state index contributed by atoms with van der Waals surface area (Å²) in [5.41, 5.74) is 3.91. The molecule has 3 atom stereocenters. The molecule has 16 heavy (non-hydrogen) atoms. The lowest BCUT2D eigenvalue weighted by molar-refractivity contribution is -0.115. The van der Waals surface area contributed by atoms with E-state index in [2.05, 4.69) is 27.4 Å². The number of carbonyl (C=O) groups is 1. The van der Waals surface area contributed by atoms with E-state index >= 15 is 0 Å². The van der Waals surface area contributed by atoms with Gasteiger partial charge in [-0.15, -0.1) is 0 Å². The molecule has 0 spiro atoms. The zero-order valence-corrected chi connectivity index (χ0v) is 10.7. The average molecular weight is 218 g/mol. The molecule has 0 bridgehead atoms. The van der Waals surface area contributed by atoms with E-state index in [1.165, 1.54) is 23.1 Å². The second-order valence-electron chi connectivity index (χ2n) is 5.69. The van der Waals surface area contributed by atoms with Crippen molar-refractivity contribution in [3.8, 4) is 0 Å². The summed E-state index contributed by atoms with van der Waals surface area (Å²) in [7, 11) is 0. The molecule has 0 unspecified atom stereocenters. The number of allylic oxidation sites excluding steroid dienone is 3. The Morgan fingerprint density at radius 3 is 2.50 bits per heavy atom. The minimum absolute atomic E-state index is 0.414. The van der Waals surface area contributed by atoms with Gasteiger partial charge in [-0.2, -0.15) is 0 Å². The van der Waals surface area contributed by atoms with Gasteiger partial charge in [-0.1, -0.05) is 31.6 Å². The molecule has 88 valence electrons. The fourth-order valence-electron chi connectivity index (χ4n) is 3.24. The molecular weight excluding hydrogens is 196 g/mol. The van der Waals surface area contributed by atoms with Gasteiger partial charge in [0.05, 0.1) is 0 Å². The van der Waals surface area contributed by atoms with Gasteiger partial charge in [0, 0.05) is 6.42 Å². The molecule has 0 aromatic carbocycles. The molecule has 2 aliphatic carbocycles. The SMILES string of the molecule is C=C(C)[C@H]1CC[C@@H](C)C2=C(C1)[C@H](C)CC2=O. The largest absolute Gasteiger partial charge is 0.295 e. The van der Waals surface area contributed by atoms with E-state index in [-0.39, 0.29) is 0 Å². The van der Waals surface area contributed by atoms with Gasteiger partial charge in [-0.25, -0.2) is 0 Å². The Balaban J connectivity index is 2.33. The standard InChI is InChI=1S/C15H22O/c1-9(2)12-6-5-10(3)15-13(8-12)11(4)7-14(15)16/h10-12H,1,5-8H2,2-4H3/t10-,11-,12+/m1/s1. The maximum atomic E-state index is 12.0. The van der Waals surface area contributed by atoms with Crippen molar-refractivity contribution in [3.63, 3.8) is 0 Å². The number of hydrogen-bond acceptors (Lipinski definition) is 1. The molecule has 0 saturated heterocycles. The van der Waals surface area contributed by atoms with E-state index in [9.17, 15) is 4.79 Å². The van der Waals surface area contributed by atoms with Crippen molar-refractivity contribution in [1.82, 2.24) is 0 Å². The molecule has 0 aliphatic heterocycles. The normalized spacial score (nSPS) is 34.9. The van der Waals surface area contributed by atoms with Gasteiger partial charge in [0.2, 0.25) is 0 Å². The van der Waals surface area contributed by atoms with Gasteiger partial charge in [0.15, 0.2) is 5.78 Å². The molecule has 0 fully saturated rings. The van der Waals surface area contributed by atoms with Gasteiger partial charge < -0.3 is 0 Å². The predicted octanol–water partition coefficient (Wildman–Crippen LogP) is 3.90. The fourth-order valence-corrected chi connectivity index (χ4v) is 3.24. The fraction of sp³-hybridized carbons (Fsp3) is 0.667. The van der Waals surface area contributed by atoms with Crippen LogP contribution in [0.3, 0.4) is 0 Å². The number of Topliss-reactive ketones (excluding diaryl/α,β-unsaturated/α-hetero) is 1. The van der Waals surface area contributed by atoms with Crippen LogP contribution in [0.5, 0.6) is 0 Å². The van der Waals surface area contributed by atoms with Crippen molar-refractivity contribution in [2.24, 2.45) is 17.8 Å². The molecule has 1 heteroatoms. The van der Waals surface area contributed by atoms with E-state index in [0.717, 1.165) is 19.3 Å². The Labute approximate surface area is 98.6 Å². The van der Waals surface area contributed by atoms with E-state index in [4.69, 9.17) is 0 Å². The lowest BCUT2D eigenvalue weighted by atomic mass is 9.87. The van der Waals surface area contributed by atoms with E-state index in [1.807, 2.05) is 0 Å². The zero-order valence-electron chi connectivity index (χ0n) is 10.7. The summed E-state index contributed by atoms with van der Waals surface area (Å²) in [6.07, 6.45) is 4.18. The summed E-state index contributed by atoms with van der Waals surface area (Å²) in [5.74, 6) is 1.96. The molecule has 2 rings (SSSR count). The second-order valence-corrected chi connectivity index (χ2v) is 5.69. The Bertz CT molecular complexity index is 362. The Morgan fingerprint density at radius 1 is 1.19 bits per heavy atom. The van der Waals surface area contributed by atoms with E-state index in [0.29, 0.717) is 23.5 Å². The highest BCUT2D eigenvalue weighted by atomic mass is 16.1. The van der Waals surface area contributed by atoms with Crippen molar-refractivity contribution in [3.05, 3.63) is 23.3 Å². The van der Waals surface area contributed by atoms with Crippen LogP contribution in [-0.2, 0) is 4.79 Å². The molecular formula is C15H22O. The van der Waals surface area contributed by atoms with Crippen LogP contribution in [0.2, 0.25) is 0 Å². The lowest BCUT2D eigenvalue weighted by Crippen LogP contribution is -2.07. The summed E-state index contributed by atoms with van der Waals surface area (Å²) in [6, 6.07) is 0. The van der Waals surface area contributed by atoms with Crippen LogP contribution in [0.25, 0.3) is 0 Å². The molecule has 0 N–H and O–H groups in total. The third-order valence-electron chi connectivity index (χ3n) is 4.34. The van der Waals surface area contributed by atoms with Crippen molar-refractivity contribution in [1.29, 1.82) is 0 Å². The highest BCUT2D eigenvalue weighted by Crippen LogP contribution is 2.43. The van der Waals surface area contributed by atoms with Crippen molar-refractivity contribution < 1.29 is 4.79 Å². The maximum Gasteiger partial charge on any atom is 0.159 e. The first-order chi connectivity index (χ1) is 7.50. The summed E-state index contributed by atoms with van der Waals surface area (Å²) in [6.45, 7) is 10.6. The molecule has 0 radical (unpaired) electrons. The molecule has 0 amide bonds. The van der Waals surface area contributed by atoms with E-state index in [1.54, 1.807) is 0 Å². The number of ketones is 1. The quantitative estimate of drug-likeness (QED) is 0.610. The monoisotopic (exact) mass is 218 g/mol. The van der Waals surface area contributed by atoms with Gasteiger partial charge in [0.25, 0.3) is 0 Å². The van der Waals surface area contributed by atoms with Crippen molar-refractivity contribution >= 4 is 5.78 Å². The van der Waals surface area contributed by atoms with Crippen LogP contribution in [-0.4, -0.2) is 5.78 Å². The van der Waals surface area contributed by atoms with Crippen LogP contribution < -0.4 is 0 Å². The lowest BCUT2D eigenvalue weighted by Gasteiger charge is -2.17. The Hall–Kier alpha value is -0.850. The summed E-state index contributed by atoms with van der Waals surface area (Å²) < 4.78 is 0. The number of rotatable bonds is 1. The Morgan fingerprint density at radius 2 is 1.88 bits per heavy atom. The van der Waals surface area contributed by atoms with Crippen LogP contribution in [0, 0.1) is 17.8 Å². The minimum Gasteiger partial charge on any atom is -0.295 e. The minimum atomic E-state index is 0.414. The molecule has 0 heterocycles. The van der Waals surface area contributed by atoms with Crippen LogP contribution >= 0.6 is 0 Å². The topological polar surface area (TPSA) is 17.1 Å². The molecule has 2 aliphatic rings. The Kier molecular flexibility index (Phi) is 3.05.